The zero-order chi connectivity index (χ0) is 7.23. The van der Waals surface area contributed by atoms with Crippen molar-refractivity contribution in [3.63, 3.8) is 0 Å². The first-order valence-electron chi connectivity index (χ1n) is 2.81. The molecule has 3 heteroatoms. The summed E-state index contributed by atoms with van der Waals surface area (Å²) in [5.41, 5.74) is 0.738. The SMILES string of the molecule is O=CC=Nc1ccncc1. The summed E-state index contributed by atoms with van der Waals surface area (Å²) in [4.78, 5) is 17.4. The molecule has 0 aliphatic carbocycles. The first kappa shape index (κ1) is 6.61. The number of carbonyl (C=O) groups excluding carboxylic acids is 1. The monoisotopic (exact) mass is 134 g/mol. The molecule has 0 saturated carbocycles. The number of rotatable bonds is 2. The Morgan fingerprint density at radius 2 is 2.10 bits per heavy atom. The first-order valence-corrected chi connectivity index (χ1v) is 2.81. The van der Waals surface area contributed by atoms with E-state index in [0.717, 1.165) is 5.69 Å². The lowest BCUT2D eigenvalue weighted by Crippen LogP contribution is -1.72. The molecule has 1 aromatic rings. The van der Waals surface area contributed by atoms with Gasteiger partial charge in [0.2, 0.25) is 0 Å². The Morgan fingerprint density at radius 1 is 1.40 bits per heavy atom. The second-order valence-corrected chi connectivity index (χ2v) is 1.62. The molecule has 0 N–H and O–H groups in total. The van der Waals surface area contributed by atoms with Crippen LogP contribution in [0.1, 0.15) is 0 Å². The van der Waals surface area contributed by atoms with E-state index in [-0.39, 0.29) is 0 Å². The van der Waals surface area contributed by atoms with Crippen LogP contribution in [0.15, 0.2) is 29.5 Å². The van der Waals surface area contributed by atoms with Gasteiger partial charge in [-0.2, -0.15) is 0 Å². The summed E-state index contributed by atoms with van der Waals surface area (Å²) < 4.78 is 0. The number of aldehydes is 1. The Kier molecular flexibility index (Phi) is 2.31. The first-order chi connectivity index (χ1) is 4.93. The highest BCUT2D eigenvalue weighted by molar-refractivity contribution is 6.13. The van der Waals surface area contributed by atoms with E-state index in [0.29, 0.717) is 6.29 Å². The fourth-order valence-corrected chi connectivity index (χ4v) is 0.547. The molecule has 50 valence electrons. The van der Waals surface area contributed by atoms with Gasteiger partial charge in [0, 0.05) is 12.4 Å². The van der Waals surface area contributed by atoms with Crippen LogP contribution >= 0.6 is 0 Å². The molecule has 0 aliphatic heterocycles. The van der Waals surface area contributed by atoms with Crippen LogP contribution in [0.25, 0.3) is 0 Å². The van der Waals surface area contributed by atoms with Gasteiger partial charge < -0.3 is 0 Å². The van der Waals surface area contributed by atoms with Crippen LogP contribution in [0, 0.1) is 0 Å². The Morgan fingerprint density at radius 3 is 2.70 bits per heavy atom. The van der Waals surface area contributed by atoms with Crippen LogP contribution < -0.4 is 0 Å². The molecule has 0 amide bonds. The zero-order valence-electron chi connectivity index (χ0n) is 5.27. The van der Waals surface area contributed by atoms with Gasteiger partial charge in [-0.15, -0.1) is 0 Å². The topological polar surface area (TPSA) is 42.3 Å². The average Bonchev–Trinajstić information content (AvgIpc) is 2.03. The molecule has 0 unspecified atom stereocenters. The van der Waals surface area contributed by atoms with Crippen molar-refractivity contribution in [2.45, 2.75) is 0 Å². The Labute approximate surface area is 58.4 Å². The minimum atomic E-state index is 0.639. The van der Waals surface area contributed by atoms with Crippen LogP contribution in [-0.4, -0.2) is 17.5 Å². The summed E-state index contributed by atoms with van der Waals surface area (Å²) in [6, 6.07) is 3.44. The summed E-state index contributed by atoms with van der Waals surface area (Å²) in [5.74, 6) is 0. The molecule has 0 fully saturated rings. The molecule has 0 saturated heterocycles. The van der Waals surface area contributed by atoms with E-state index in [1.165, 1.54) is 6.21 Å². The Hall–Kier alpha value is -1.51. The number of pyridine rings is 1. The van der Waals surface area contributed by atoms with Crippen LogP contribution in [0.5, 0.6) is 0 Å². The second kappa shape index (κ2) is 3.50. The smallest absolute Gasteiger partial charge is 0.161 e. The van der Waals surface area contributed by atoms with Gasteiger partial charge in [0.15, 0.2) is 6.29 Å². The quantitative estimate of drug-likeness (QED) is 0.447. The highest BCUT2D eigenvalue weighted by Gasteiger charge is 1.80. The summed E-state index contributed by atoms with van der Waals surface area (Å²) >= 11 is 0. The third-order valence-electron chi connectivity index (χ3n) is 0.947. The summed E-state index contributed by atoms with van der Waals surface area (Å²) in [6.07, 6.45) is 5.09. The predicted octanol–water partition coefficient (Wildman–Crippen LogP) is 0.983. The molecule has 1 heterocycles. The van der Waals surface area contributed by atoms with Crippen LogP contribution in [-0.2, 0) is 4.79 Å². The lowest BCUT2D eigenvalue weighted by molar-refractivity contribution is -0.102. The lowest BCUT2D eigenvalue weighted by atomic mass is 10.4. The molecule has 0 radical (unpaired) electrons. The normalized spacial score (nSPS) is 10.0. The van der Waals surface area contributed by atoms with Crippen molar-refractivity contribution in [3.05, 3.63) is 24.5 Å². The van der Waals surface area contributed by atoms with Crippen LogP contribution in [0.4, 0.5) is 5.69 Å². The van der Waals surface area contributed by atoms with Crippen LogP contribution in [0.2, 0.25) is 0 Å². The summed E-state index contributed by atoms with van der Waals surface area (Å²) in [6.45, 7) is 0. The highest BCUT2D eigenvalue weighted by atomic mass is 16.1. The van der Waals surface area contributed by atoms with Gasteiger partial charge in [-0.05, 0) is 12.1 Å². The maximum Gasteiger partial charge on any atom is 0.161 e. The molecule has 3 nitrogen and oxygen atoms in total. The fraction of sp³-hybridized carbons (Fsp3) is 0. The molecule has 0 atom stereocenters. The molecular formula is C7H6N2O. The van der Waals surface area contributed by atoms with Gasteiger partial charge in [-0.1, -0.05) is 0 Å². The van der Waals surface area contributed by atoms with E-state index in [1.807, 2.05) is 0 Å². The largest absolute Gasteiger partial charge is 0.297 e. The van der Waals surface area contributed by atoms with Crippen molar-refractivity contribution in [2.24, 2.45) is 4.99 Å². The highest BCUT2D eigenvalue weighted by Crippen LogP contribution is 2.05. The molecule has 0 spiro atoms. The van der Waals surface area contributed by atoms with E-state index >= 15 is 0 Å². The standard InChI is InChI=1S/C7H6N2O/c10-6-5-9-7-1-3-8-4-2-7/h1-6H. The summed E-state index contributed by atoms with van der Waals surface area (Å²) in [7, 11) is 0. The Balaban J connectivity index is 2.76. The minimum absolute atomic E-state index is 0.639. The van der Waals surface area contributed by atoms with E-state index in [1.54, 1.807) is 24.5 Å². The van der Waals surface area contributed by atoms with E-state index < -0.39 is 0 Å². The number of nitrogens with zero attached hydrogens (tertiary/aromatic N) is 2. The number of carbonyl (C=O) groups is 1. The molecule has 0 aliphatic rings. The van der Waals surface area contributed by atoms with Crippen molar-refractivity contribution in [1.82, 2.24) is 4.98 Å². The molecule has 0 bridgehead atoms. The number of aliphatic imine (C=N–C) groups is 1. The van der Waals surface area contributed by atoms with Crippen LogP contribution in [0.3, 0.4) is 0 Å². The molecule has 1 aromatic heterocycles. The van der Waals surface area contributed by atoms with E-state index in [2.05, 4.69) is 9.98 Å². The maximum absolute atomic E-state index is 9.81. The van der Waals surface area contributed by atoms with Crippen molar-refractivity contribution < 1.29 is 4.79 Å². The third-order valence-corrected chi connectivity index (χ3v) is 0.947. The average molecular weight is 134 g/mol. The predicted molar refractivity (Wildman–Crippen MR) is 38.5 cm³/mol. The van der Waals surface area contributed by atoms with Crippen molar-refractivity contribution in [3.8, 4) is 0 Å². The van der Waals surface area contributed by atoms with Gasteiger partial charge in [0.1, 0.15) is 0 Å². The molecular weight excluding hydrogens is 128 g/mol. The number of hydrogen-bond acceptors (Lipinski definition) is 3. The lowest BCUT2D eigenvalue weighted by Gasteiger charge is -1.86. The number of aromatic nitrogens is 1. The fourth-order valence-electron chi connectivity index (χ4n) is 0.547. The molecule has 0 aromatic carbocycles. The van der Waals surface area contributed by atoms with E-state index in [4.69, 9.17) is 0 Å². The van der Waals surface area contributed by atoms with Gasteiger partial charge in [0.25, 0.3) is 0 Å². The maximum atomic E-state index is 9.81. The number of hydrogen-bond donors (Lipinski definition) is 0. The van der Waals surface area contributed by atoms with Gasteiger partial charge in [0.05, 0.1) is 11.9 Å². The Bertz CT molecular complexity index is 231. The van der Waals surface area contributed by atoms with Crippen molar-refractivity contribution in [1.29, 1.82) is 0 Å². The van der Waals surface area contributed by atoms with Gasteiger partial charge in [-0.25, -0.2) is 0 Å². The second-order valence-electron chi connectivity index (χ2n) is 1.62. The van der Waals surface area contributed by atoms with Crippen molar-refractivity contribution in [2.75, 3.05) is 0 Å². The molecule has 10 heavy (non-hydrogen) atoms. The summed E-state index contributed by atoms with van der Waals surface area (Å²) in [5, 5.41) is 0. The minimum Gasteiger partial charge on any atom is -0.297 e. The third kappa shape index (κ3) is 1.78. The van der Waals surface area contributed by atoms with Gasteiger partial charge in [-0.3, -0.25) is 14.8 Å². The van der Waals surface area contributed by atoms with Gasteiger partial charge >= 0.3 is 0 Å². The van der Waals surface area contributed by atoms with E-state index in [9.17, 15) is 4.79 Å². The van der Waals surface area contributed by atoms with Crippen molar-refractivity contribution >= 4 is 18.2 Å². The zero-order valence-corrected chi connectivity index (χ0v) is 5.27. The molecule has 1 rings (SSSR count).